The molecule has 6 heteroatoms. The van der Waals surface area contributed by atoms with Crippen molar-refractivity contribution in [3.05, 3.63) is 60.2 Å². The second kappa shape index (κ2) is 8.69. The second-order valence-electron chi connectivity index (χ2n) is 7.82. The van der Waals surface area contributed by atoms with E-state index in [2.05, 4.69) is 17.4 Å². The lowest BCUT2D eigenvalue weighted by Gasteiger charge is -2.22. The van der Waals surface area contributed by atoms with Gasteiger partial charge in [-0.25, -0.2) is 4.79 Å². The molecule has 0 aliphatic carbocycles. The Morgan fingerprint density at radius 1 is 1.14 bits per heavy atom. The molecule has 1 aliphatic rings. The number of nitrogens with one attached hydrogen (secondary N) is 1. The van der Waals surface area contributed by atoms with Gasteiger partial charge in [0.25, 0.3) is 0 Å². The molecule has 3 rings (SSSR count). The van der Waals surface area contributed by atoms with E-state index in [1.807, 2.05) is 63.2 Å². The van der Waals surface area contributed by atoms with Gasteiger partial charge >= 0.3 is 6.09 Å². The molecule has 0 aromatic heterocycles. The summed E-state index contributed by atoms with van der Waals surface area (Å²) in [4.78, 5) is 27.2. The molecule has 1 heterocycles. The van der Waals surface area contributed by atoms with Crippen LogP contribution in [0.25, 0.3) is 0 Å². The minimum absolute atomic E-state index is 0.00532. The van der Waals surface area contributed by atoms with Crippen LogP contribution >= 0.6 is 11.8 Å². The van der Waals surface area contributed by atoms with Crippen LogP contribution in [0.15, 0.2) is 59.5 Å². The fourth-order valence-corrected chi connectivity index (χ4v) is 3.85. The smallest absolute Gasteiger partial charge is 0.407 e. The Kier molecular flexibility index (Phi) is 6.29. The Morgan fingerprint density at radius 2 is 1.82 bits per heavy atom. The number of benzene rings is 2. The molecular formula is C22H26N2O3S. The highest BCUT2D eigenvalue weighted by Crippen LogP contribution is 2.27. The molecule has 1 aliphatic heterocycles. The van der Waals surface area contributed by atoms with E-state index in [1.54, 1.807) is 16.7 Å². The summed E-state index contributed by atoms with van der Waals surface area (Å²) in [6.07, 6.45) is -0.205. The summed E-state index contributed by atoms with van der Waals surface area (Å²) in [7, 11) is 0. The first-order chi connectivity index (χ1) is 13.3. The van der Waals surface area contributed by atoms with Crippen LogP contribution in [0.4, 0.5) is 10.5 Å². The lowest BCUT2D eigenvalue weighted by molar-refractivity contribution is -0.117. The first-order valence-corrected chi connectivity index (χ1v) is 10.4. The van der Waals surface area contributed by atoms with Crippen molar-refractivity contribution in [1.29, 1.82) is 0 Å². The van der Waals surface area contributed by atoms with E-state index in [1.165, 1.54) is 5.56 Å². The number of hydrogen-bond donors (Lipinski definition) is 1. The lowest BCUT2D eigenvalue weighted by atomic mass is 10.2. The zero-order valence-electron chi connectivity index (χ0n) is 16.5. The van der Waals surface area contributed by atoms with Gasteiger partial charge in [0.1, 0.15) is 5.60 Å². The first kappa shape index (κ1) is 20.3. The molecule has 1 N–H and O–H groups in total. The zero-order chi connectivity index (χ0) is 20.1. The Morgan fingerprint density at radius 3 is 2.46 bits per heavy atom. The van der Waals surface area contributed by atoms with Crippen molar-refractivity contribution < 1.29 is 14.3 Å². The third-order valence-corrected chi connectivity index (χ3v) is 5.33. The fourth-order valence-electron chi connectivity index (χ4n) is 2.99. The molecule has 148 valence electrons. The van der Waals surface area contributed by atoms with Gasteiger partial charge in [-0.3, -0.25) is 4.79 Å². The molecule has 0 saturated carbocycles. The molecule has 5 nitrogen and oxygen atoms in total. The van der Waals surface area contributed by atoms with Gasteiger partial charge in [0.05, 0.1) is 6.04 Å². The van der Waals surface area contributed by atoms with Crippen molar-refractivity contribution in [3.8, 4) is 0 Å². The van der Waals surface area contributed by atoms with Gasteiger partial charge in [0.15, 0.2) is 0 Å². The van der Waals surface area contributed by atoms with E-state index in [-0.39, 0.29) is 18.4 Å². The first-order valence-electron chi connectivity index (χ1n) is 9.37. The molecule has 0 bridgehead atoms. The normalized spacial score (nSPS) is 16.9. The van der Waals surface area contributed by atoms with Gasteiger partial charge in [0.2, 0.25) is 5.91 Å². The Bertz CT molecular complexity index is 816. The number of nitrogens with zero attached hydrogens (tertiary/aromatic N) is 1. The van der Waals surface area contributed by atoms with E-state index >= 15 is 0 Å². The van der Waals surface area contributed by atoms with Gasteiger partial charge in [0, 0.05) is 29.3 Å². The second-order valence-corrected chi connectivity index (χ2v) is 8.87. The third kappa shape index (κ3) is 5.76. The van der Waals surface area contributed by atoms with Crippen LogP contribution in [-0.2, 0) is 15.3 Å². The molecule has 0 radical (unpaired) electrons. The maximum absolute atomic E-state index is 12.4. The highest BCUT2D eigenvalue weighted by atomic mass is 32.2. The molecule has 28 heavy (non-hydrogen) atoms. The quantitative estimate of drug-likeness (QED) is 0.748. The summed E-state index contributed by atoms with van der Waals surface area (Å²) in [5.74, 6) is 0.913. The zero-order valence-corrected chi connectivity index (χ0v) is 17.3. The summed E-state index contributed by atoms with van der Waals surface area (Å²) in [5, 5.41) is 2.79. The van der Waals surface area contributed by atoms with Crippen LogP contribution in [0.1, 0.15) is 32.8 Å². The number of carbonyl (C=O) groups excluding carboxylic acids is 2. The summed E-state index contributed by atoms with van der Waals surface area (Å²) in [6.45, 7) is 5.90. The number of amides is 2. The lowest BCUT2D eigenvalue weighted by Crippen LogP contribution is -2.40. The van der Waals surface area contributed by atoms with Gasteiger partial charge in [-0.1, -0.05) is 30.3 Å². The molecule has 2 aromatic rings. The number of rotatable bonds is 5. The maximum atomic E-state index is 12.4. The van der Waals surface area contributed by atoms with Crippen molar-refractivity contribution >= 4 is 29.4 Å². The van der Waals surface area contributed by atoms with Crippen molar-refractivity contribution in [2.24, 2.45) is 0 Å². The number of alkyl carbamates (subject to hydrolysis) is 1. The van der Waals surface area contributed by atoms with Gasteiger partial charge in [-0.2, -0.15) is 0 Å². The molecule has 1 atom stereocenters. The van der Waals surface area contributed by atoms with Crippen molar-refractivity contribution in [2.75, 3.05) is 11.4 Å². The number of thioether (sulfide) groups is 1. The van der Waals surface area contributed by atoms with Crippen molar-refractivity contribution in [3.63, 3.8) is 0 Å². The van der Waals surface area contributed by atoms with Crippen LogP contribution in [0, 0.1) is 0 Å². The Balaban J connectivity index is 1.55. The minimum atomic E-state index is -0.556. The minimum Gasteiger partial charge on any atom is -0.444 e. The molecular weight excluding hydrogens is 372 g/mol. The summed E-state index contributed by atoms with van der Waals surface area (Å²) >= 11 is 1.76. The SMILES string of the molecule is CC(C)(C)OC(=O)NC1CC(=O)N(c2ccc(SCc3ccccc3)cc2)C1. The van der Waals surface area contributed by atoms with Crippen LogP contribution < -0.4 is 10.2 Å². The fraction of sp³-hybridized carbons (Fsp3) is 0.364. The summed E-state index contributed by atoms with van der Waals surface area (Å²) in [5.41, 5.74) is 1.57. The molecule has 2 amide bonds. The van der Waals surface area contributed by atoms with Crippen LogP contribution in [-0.4, -0.2) is 30.2 Å². The monoisotopic (exact) mass is 398 g/mol. The number of ether oxygens (including phenoxy) is 1. The third-order valence-electron chi connectivity index (χ3n) is 4.24. The Labute approximate surface area is 170 Å². The van der Waals surface area contributed by atoms with E-state index in [0.717, 1.165) is 16.3 Å². The highest BCUT2D eigenvalue weighted by molar-refractivity contribution is 7.98. The maximum Gasteiger partial charge on any atom is 0.407 e. The van der Waals surface area contributed by atoms with Crippen LogP contribution in [0.2, 0.25) is 0 Å². The van der Waals surface area contributed by atoms with E-state index < -0.39 is 11.7 Å². The molecule has 1 saturated heterocycles. The van der Waals surface area contributed by atoms with Crippen molar-refractivity contribution in [1.82, 2.24) is 5.32 Å². The van der Waals surface area contributed by atoms with Gasteiger partial charge < -0.3 is 15.0 Å². The Hall–Kier alpha value is -2.47. The predicted octanol–water partition coefficient (Wildman–Crippen LogP) is 4.61. The average molecular weight is 399 g/mol. The number of hydrogen-bond acceptors (Lipinski definition) is 4. The van der Waals surface area contributed by atoms with Crippen LogP contribution in [0.3, 0.4) is 0 Å². The number of anilines is 1. The van der Waals surface area contributed by atoms with E-state index in [0.29, 0.717) is 6.54 Å². The molecule has 0 spiro atoms. The van der Waals surface area contributed by atoms with E-state index in [4.69, 9.17) is 4.74 Å². The standard InChI is InChI=1S/C22H26N2O3S/c1-22(2,3)27-21(26)23-17-13-20(25)24(14-17)18-9-11-19(12-10-18)28-15-16-7-5-4-6-8-16/h4-12,17H,13-15H2,1-3H3,(H,23,26). The summed E-state index contributed by atoms with van der Waals surface area (Å²) < 4.78 is 5.27. The molecule has 2 aromatic carbocycles. The molecule has 1 fully saturated rings. The van der Waals surface area contributed by atoms with Crippen molar-refractivity contribution in [2.45, 2.75) is 49.5 Å². The van der Waals surface area contributed by atoms with Gasteiger partial charge in [-0.05, 0) is 50.6 Å². The van der Waals surface area contributed by atoms with E-state index in [9.17, 15) is 9.59 Å². The van der Waals surface area contributed by atoms with Gasteiger partial charge in [-0.15, -0.1) is 11.8 Å². The largest absolute Gasteiger partial charge is 0.444 e. The predicted molar refractivity (Wildman–Crippen MR) is 113 cm³/mol. The average Bonchev–Trinajstić information content (AvgIpc) is 2.99. The molecule has 1 unspecified atom stereocenters. The van der Waals surface area contributed by atoms with Crippen LogP contribution in [0.5, 0.6) is 0 Å². The number of carbonyl (C=O) groups is 2. The highest BCUT2D eigenvalue weighted by Gasteiger charge is 2.32. The topological polar surface area (TPSA) is 58.6 Å². The summed E-state index contributed by atoms with van der Waals surface area (Å²) in [6, 6.07) is 18.1.